The van der Waals surface area contributed by atoms with E-state index in [0.29, 0.717) is 57.5 Å². The molecule has 10 nitrogen and oxygen atoms in total. The Morgan fingerprint density at radius 3 is 2.69 bits per heavy atom. The van der Waals surface area contributed by atoms with E-state index in [-0.39, 0.29) is 5.69 Å². The van der Waals surface area contributed by atoms with Crippen molar-refractivity contribution in [3.8, 4) is 22.8 Å². The maximum Gasteiger partial charge on any atom is 0.347 e. The molecule has 0 spiro atoms. The van der Waals surface area contributed by atoms with Gasteiger partial charge in [-0.3, -0.25) is 9.55 Å². The van der Waals surface area contributed by atoms with Crippen LogP contribution in [0.4, 0.5) is 4.39 Å². The predicted molar refractivity (Wildman–Crippen MR) is 147 cm³/mol. The van der Waals surface area contributed by atoms with Gasteiger partial charge in [0.15, 0.2) is 0 Å². The molecular formula is C28H33FN6O4. The molecule has 2 aliphatic rings. The van der Waals surface area contributed by atoms with Crippen LogP contribution in [0.25, 0.3) is 33.1 Å². The third-order valence-corrected chi connectivity index (χ3v) is 7.58. The Kier molecular flexibility index (Phi) is 7.09. The van der Waals surface area contributed by atoms with Crippen LogP contribution in [0.2, 0.25) is 0 Å². The van der Waals surface area contributed by atoms with Gasteiger partial charge in [-0.15, -0.1) is 0 Å². The summed E-state index contributed by atoms with van der Waals surface area (Å²) >= 11 is 0. The van der Waals surface area contributed by atoms with Crippen molar-refractivity contribution in [1.82, 2.24) is 24.1 Å². The first-order chi connectivity index (χ1) is 19.0. The molecule has 1 unspecified atom stereocenters. The molecule has 2 fully saturated rings. The third kappa shape index (κ3) is 4.92. The monoisotopic (exact) mass is 536 g/mol. The van der Waals surface area contributed by atoms with Gasteiger partial charge in [0.05, 0.1) is 57.3 Å². The van der Waals surface area contributed by atoms with Crippen LogP contribution < -0.4 is 20.2 Å². The molecule has 0 amide bonds. The van der Waals surface area contributed by atoms with Crippen LogP contribution in [0.5, 0.6) is 11.6 Å². The van der Waals surface area contributed by atoms with Crippen molar-refractivity contribution in [2.24, 2.45) is 7.05 Å². The second kappa shape index (κ2) is 10.8. The van der Waals surface area contributed by atoms with Crippen LogP contribution in [0.1, 0.15) is 12.8 Å². The van der Waals surface area contributed by atoms with E-state index in [4.69, 9.17) is 14.2 Å². The summed E-state index contributed by atoms with van der Waals surface area (Å²) in [5, 5.41) is 2.88. The lowest BCUT2D eigenvalue weighted by atomic mass is 10.0. The van der Waals surface area contributed by atoms with Gasteiger partial charge in [0.25, 0.3) is 0 Å². The van der Waals surface area contributed by atoms with Crippen LogP contribution in [0.15, 0.2) is 41.5 Å². The average molecular weight is 537 g/mol. The summed E-state index contributed by atoms with van der Waals surface area (Å²) in [7, 11) is 3.40. The van der Waals surface area contributed by atoms with Gasteiger partial charge < -0.3 is 24.1 Å². The first-order valence-corrected chi connectivity index (χ1v) is 13.4. The largest absolute Gasteiger partial charge is 0.496 e. The fourth-order valence-electron chi connectivity index (χ4n) is 5.49. The van der Waals surface area contributed by atoms with Crippen LogP contribution in [0, 0.1) is 0 Å². The quantitative estimate of drug-likeness (QED) is 0.318. The highest BCUT2D eigenvalue weighted by atomic mass is 19.1. The maximum absolute atomic E-state index is 13.3. The van der Waals surface area contributed by atoms with Crippen LogP contribution in [-0.4, -0.2) is 89.9 Å². The summed E-state index contributed by atoms with van der Waals surface area (Å²) in [6, 6.07) is 7.72. The minimum atomic E-state index is -0.701. The number of aromatic nitrogens is 4. The highest BCUT2D eigenvalue weighted by Crippen LogP contribution is 2.36. The third-order valence-electron chi connectivity index (χ3n) is 7.58. The SMILES string of the molecule is COc1cc2ncc3c(c2cc1-c1ccc(OCCCN2CCC(F)C2)nc1)n(N1CCOCC1)c(=O)n3C. The number of nitrogens with zero attached hydrogens (tertiary/aromatic N) is 6. The second-order valence-corrected chi connectivity index (χ2v) is 10.1. The Hall–Kier alpha value is -3.70. The van der Waals surface area contributed by atoms with Crippen molar-refractivity contribution >= 4 is 21.9 Å². The van der Waals surface area contributed by atoms with Crippen LogP contribution in [0.3, 0.4) is 0 Å². The number of aryl methyl sites for hydroxylation is 1. The number of ether oxygens (including phenoxy) is 3. The number of alkyl halides is 1. The van der Waals surface area contributed by atoms with E-state index in [1.165, 1.54) is 0 Å². The van der Waals surface area contributed by atoms with Crippen molar-refractivity contribution in [3.63, 3.8) is 0 Å². The van der Waals surface area contributed by atoms with Crippen molar-refractivity contribution in [1.29, 1.82) is 0 Å². The van der Waals surface area contributed by atoms with Gasteiger partial charge in [0, 0.05) is 61.5 Å². The minimum Gasteiger partial charge on any atom is -0.496 e. The number of methoxy groups -OCH3 is 1. The van der Waals surface area contributed by atoms with E-state index in [1.807, 2.05) is 29.3 Å². The topological polar surface area (TPSA) is 86.9 Å². The molecule has 1 atom stereocenters. The molecular weight excluding hydrogens is 503 g/mol. The van der Waals surface area contributed by atoms with E-state index in [2.05, 4.69) is 14.9 Å². The summed E-state index contributed by atoms with van der Waals surface area (Å²) < 4.78 is 33.8. The summed E-state index contributed by atoms with van der Waals surface area (Å²) in [6.45, 7) is 5.09. The number of hydrogen-bond acceptors (Lipinski definition) is 8. The van der Waals surface area contributed by atoms with Gasteiger partial charge in [-0.05, 0) is 25.0 Å². The second-order valence-electron chi connectivity index (χ2n) is 10.1. The number of fused-ring (bicyclic) bond motifs is 3. The fourth-order valence-corrected chi connectivity index (χ4v) is 5.49. The molecule has 39 heavy (non-hydrogen) atoms. The molecule has 5 heterocycles. The van der Waals surface area contributed by atoms with E-state index in [1.54, 1.807) is 35.8 Å². The molecule has 0 N–H and O–H groups in total. The minimum absolute atomic E-state index is 0.115. The van der Waals surface area contributed by atoms with Crippen molar-refractivity contribution in [2.45, 2.75) is 19.0 Å². The smallest absolute Gasteiger partial charge is 0.347 e. The lowest BCUT2D eigenvalue weighted by Crippen LogP contribution is -2.48. The Morgan fingerprint density at radius 2 is 1.97 bits per heavy atom. The maximum atomic E-state index is 13.3. The lowest BCUT2D eigenvalue weighted by molar-refractivity contribution is 0.111. The summed E-state index contributed by atoms with van der Waals surface area (Å²) in [5.74, 6) is 1.20. The number of rotatable bonds is 8. The molecule has 4 aromatic rings. The molecule has 2 aliphatic heterocycles. The van der Waals surface area contributed by atoms with Crippen molar-refractivity contribution in [2.75, 3.05) is 64.7 Å². The van der Waals surface area contributed by atoms with Gasteiger partial charge in [-0.25, -0.2) is 18.8 Å². The number of likely N-dealkylation sites (tertiary alicyclic amines) is 1. The summed E-state index contributed by atoms with van der Waals surface area (Å²) in [6.07, 6.45) is 4.25. The lowest BCUT2D eigenvalue weighted by Gasteiger charge is -2.29. The summed E-state index contributed by atoms with van der Waals surface area (Å²) in [4.78, 5) is 24.6. The zero-order valence-corrected chi connectivity index (χ0v) is 22.3. The van der Waals surface area contributed by atoms with Gasteiger partial charge in [-0.1, -0.05) is 0 Å². The van der Waals surface area contributed by atoms with Gasteiger partial charge >= 0.3 is 5.69 Å². The van der Waals surface area contributed by atoms with Crippen molar-refractivity contribution < 1.29 is 18.6 Å². The number of imidazole rings is 1. The first kappa shape index (κ1) is 25.6. The first-order valence-electron chi connectivity index (χ1n) is 13.4. The number of morpholine rings is 1. The van der Waals surface area contributed by atoms with Crippen molar-refractivity contribution in [3.05, 3.63) is 47.1 Å². The molecule has 0 aliphatic carbocycles. The van der Waals surface area contributed by atoms with Gasteiger partial charge in [-0.2, -0.15) is 0 Å². The normalized spacial score (nSPS) is 18.3. The average Bonchev–Trinajstić information content (AvgIpc) is 3.50. The van der Waals surface area contributed by atoms with Crippen LogP contribution >= 0.6 is 0 Å². The number of pyridine rings is 2. The standard InChI is InChI=1S/C28H33FN6O4/c1-32-24-17-30-23-15-25(37-2)21(14-22(23)27(24)35(28(32)36)34-9-12-38-13-10-34)19-4-5-26(31-16-19)39-11-3-7-33-8-6-20(29)18-33/h4-5,14-17,20H,3,6-13,18H2,1-2H3. The fraction of sp³-hybridized carbons (Fsp3) is 0.464. The number of halogens is 1. The molecule has 6 rings (SSSR count). The molecule has 11 heteroatoms. The highest BCUT2D eigenvalue weighted by molar-refractivity contribution is 6.05. The molecule has 0 bridgehead atoms. The number of benzene rings is 1. The summed E-state index contributed by atoms with van der Waals surface area (Å²) in [5.41, 5.74) is 3.89. The predicted octanol–water partition coefficient (Wildman–Crippen LogP) is 2.74. The Morgan fingerprint density at radius 1 is 1.13 bits per heavy atom. The van der Waals surface area contributed by atoms with E-state index in [0.717, 1.165) is 52.6 Å². The molecule has 2 saturated heterocycles. The van der Waals surface area contributed by atoms with Gasteiger partial charge in [0.1, 0.15) is 17.4 Å². The van der Waals surface area contributed by atoms with E-state index < -0.39 is 6.17 Å². The molecule has 206 valence electrons. The molecule has 3 aromatic heterocycles. The van der Waals surface area contributed by atoms with Crippen LogP contribution in [-0.2, 0) is 11.8 Å². The Labute approximate surface area is 225 Å². The molecule has 0 radical (unpaired) electrons. The highest BCUT2D eigenvalue weighted by Gasteiger charge is 2.23. The van der Waals surface area contributed by atoms with Gasteiger partial charge in [0.2, 0.25) is 5.88 Å². The Bertz CT molecular complexity index is 1530. The van der Waals surface area contributed by atoms with E-state index >= 15 is 0 Å². The molecule has 0 saturated carbocycles. The Balaban J connectivity index is 1.30. The zero-order valence-electron chi connectivity index (χ0n) is 22.3. The molecule has 1 aromatic carbocycles. The zero-order chi connectivity index (χ0) is 26.9. The van der Waals surface area contributed by atoms with E-state index in [9.17, 15) is 9.18 Å². The number of hydrogen-bond donors (Lipinski definition) is 0.